The second kappa shape index (κ2) is 7.91. The number of nitrogen functional groups attached to an aromatic ring is 1. The van der Waals surface area contributed by atoms with Crippen LogP contribution in [-0.4, -0.2) is 18.7 Å². The molecule has 6 nitrogen and oxygen atoms in total. The van der Waals surface area contributed by atoms with Gasteiger partial charge in [0.25, 0.3) is 10.8 Å². The Kier molecular flexibility index (Phi) is 6.11. The number of ether oxygens (including phenoxy) is 1. The van der Waals surface area contributed by atoms with Gasteiger partial charge in [-0.1, -0.05) is 34.8 Å². The van der Waals surface area contributed by atoms with Crippen molar-refractivity contribution in [3.63, 3.8) is 0 Å². The van der Waals surface area contributed by atoms with Gasteiger partial charge in [0.15, 0.2) is 0 Å². The first-order chi connectivity index (χ1) is 11.8. The second-order valence-electron chi connectivity index (χ2n) is 5.20. The van der Waals surface area contributed by atoms with Crippen molar-refractivity contribution in [2.24, 2.45) is 5.10 Å². The lowest BCUT2D eigenvalue weighted by Crippen LogP contribution is -2.29. The number of carbonyl (C=O) groups excluding carboxylic acids is 1. The number of nitrogens with two attached hydrogens (primary N) is 1. The van der Waals surface area contributed by atoms with Gasteiger partial charge in [0, 0.05) is 5.56 Å². The van der Waals surface area contributed by atoms with Crippen LogP contribution in [0.5, 0.6) is 5.75 Å². The van der Waals surface area contributed by atoms with Crippen molar-refractivity contribution >= 4 is 52.1 Å². The summed E-state index contributed by atoms with van der Waals surface area (Å²) >= 11 is 17.8. The molecule has 1 aromatic heterocycles. The number of H-pyrrole nitrogens is 1. The van der Waals surface area contributed by atoms with E-state index in [0.717, 1.165) is 11.1 Å². The van der Waals surface area contributed by atoms with Crippen LogP contribution in [0.25, 0.3) is 0 Å². The predicted molar refractivity (Wildman–Crippen MR) is 99.8 cm³/mol. The number of benzene rings is 1. The minimum absolute atomic E-state index is 0.00905. The van der Waals surface area contributed by atoms with E-state index < -0.39 is 5.91 Å². The highest BCUT2D eigenvalue weighted by atomic mass is 35.5. The Morgan fingerprint density at radius 2 is 1.96 bits per heavy atom. The number of aromatic nitrogens is 1. The zero-order valence-electron chi connectivity index (χ0n) is 13.7. The molecule has 0 unspecified atom stereocenters. The van der Waals surface area contributed by atoms with E-state index in [0.29, 0.717) is 11.5 Å². The molecule has 0 spiro atoms. The number of carbonyl (C=O) groups is 1. The van der Waals surface area contributed by atoms with Crippen LogP contribution in [0.2, 0.25) is 15.2 Å². The summed E-state index contributed by atoms with van der Waals surface area (Å²) in [5, 5.41) is 4.11. The van der Waals surface area contributed by atoms with E-state index in [1.54, 1.807) is 14.0 Å². The predicted octanol–water partition coefficient (Wildman–Crippen LogP) is 3.51. The number of rotatable bonds is 4. The summed E-state index contributed by atoms with van der Waals surface area (Å²) in [7, 11) is 1.56. The number of hydrogen-bond acceptors (Lipinski definition) is 4. The van der Waals surface area contributed by atoms with Crippen molar-refractivity contribution in [2.75, 3.05) is 12.8 Å². The van der Waals surface area contributed by atoms with Crippen LogP contribution in [0.3, 0.4) is 0 Å². The van der Waals surface area contributed by atoms with Crippen LogP contribution in [0.4, 0.5) is 5.69 Å². The number of nitrogens with zero attached hydrogens (tertiary/aromatic N) is 1. The van der Waals surface area contributed by atoms with Gasteiger partial charge in [0.1, 0.15) is 15.8 Å². The number of anilines is 1. The number of aromatic amines is 1. The van der Waals surface area contributed by atoms with Crippen molar-refractivity contribution in [3.8, 4) is 5.75 Å². The lowest BCUT2D eigenvalue weighted by molar-refractivity contribution is -0.379. The first-order valence-corrected chi connectivity index (χ1v) is 8.24. The number of amides is 1. The Labute approximate surface area is 159 Å². The Balaban J connectivity index is 2.31. The Morgan fingerprint density at radius 1 is 1.28 bits per heavy atom. The van der Waals surface area contributed by atoms with E-state index in [9.17, 15) is 4.79 Å². The molecule has 0 aliphatic rings. The highest BCUT2D eigenvalue weighted by Gasteiger charge is 2.26. The fourth-order valence-electron chi connectivity index (χ4n) is 2.08. The third kappa shape index (κ3) is 4.15. The van der Waals surface area contributed by atoms with Crippen molar-refractivity contribution in [1.82, 2.24) is 5.43 Å². The molecule has 0 bridgehead atoms. The van der Waals surface area contributed by atoms with E-state index in [2.05, 4.69) is 15.5 Å². The zero-order chi connectivity index (χ0) is 18.7. The SMILES string of the molecule is COc1ccc(C)cc1/C(C)=N/NC(=O)c1[nH+]c(Cl)c(Cl)c(N)c1Cl. The number of aryl methyl sites for hydroxylation is 1. The average Bonchev–Trinajstić information content (AvgIpc) is 2.60. The maximum atomic E-state index is 12.3. The number of pyridine rings is 1. The molecular weight excluding hydrogens is 387 g/mol. The largest absolute Gasteiger partial charge is 0.496 e. The van der Waals surface area contributed by atoms with E-state index in [-0.39, 0.29) is 26.6 Å². The van der Waals surface area contributed by atoms with Crippen LogP contribution in [0, 0.1) is 6.92 Å². The smallest absolute Gasteiger partial charge is 0.337 e. The van der Waals surface area contributed by atoms with Gasteiger partial charge < -0.3 is 10.5 Å². The van der Waals surface area contributed by atoms with E-state index >= 15 is 0 Å². The van der Waals surface area contributed by atoms with E-state index in [4.69, 9.17) is 45.3 Å². The third-order valence-corrected chi connectivity index (χ3v) is 4.58. The number of halogens is 3. The molecule has 0 saturated carbocycles. The first-order valence-electron chi connectivity index (χ1n) is 7.11. The molecule has 0 saturated heterocycles. The van der Waals surface area contributed by atoms with Crippen LogP contribution in [0.15, 0.2) is 23.3 Å². The van der Waals surface area contributed by atoms with Gasteiger partial charge in [-0.05, 0) is 37.6 Å². The van der Waals surface area contributed by atoms with E-state index in [1.165, 1.54) is 0 Å². The number of nitrogens with one attached hydrogen (secondary N) is 2. The van der Waals surface area contributed by atoms with Crippen LogP contribution < -0.4 is 20.9 Å². The summed E-state index contributed by atoms with van der Waals surface area (Å²) in [5.74, 6) is 0.0331. The lowest BCUT2D eigenvalue weighted by atomic mass is 10.1. The summed E-state index contributed by atoms with van der Waals surface area (Å²) in [5.41, 5.74) is 10.4. The zero-order valence-corrected chi connectivity index (χ0v) is 16.0. The highest BCUT2D eigenvalue weighted by molar-refractivity contribution is 6.45. The average molecular weight is 403 g/mol. The normalized spacial score (nSPS) is 11.4. The fraction of sp³-hybridized carbons (Fsp3) is 0.188. The van der Waals surface area contributed by atoms with Crippen molar-refractivity contribution in [3.05, 3.63) is 50.2 Å². The molecule has 2 rings (SSSR count). The quantitative estimate of drug-likeness (QED) is 0.466. The molecule has 0 fully saturated rings. The minimum atomic E-state index is -0.610. The Bertz CT molecular complexity index is 869. The topological polar surface area (TPSA) is 90.8 Å². The van der Waals surface area contributed by atoms with Crippen molar-refractivity contribution < 1.29 is 14.5 Å². The maximum Gasteiger partial charge on any atom is 0.337 e. The molecule has 9 heteroatoms. The van der Waals surface area contributed by atoms with Crippen molar-refractivity contribution in [1.29, 1.82) is 0 Å². The molecule has 1 heterocycles. The molecule has 25 heavy (non-hydrogen) atoms. The molecule has 1 aromatic carbocycles. The molecule has 132 valence electrons. The van der Waals surface area contributed by atoms with E-state index in [1.807, 2.05) is 25.1 Å². The standard InChI is InChI=1S/C16H15Cl3N4O2/c1-7-4-5-10(25-3)9(6-7)8(2)22-23-16(24)14-11(17)13(20)12(18)15(19)21-14/h4-6H,1-3H3,(H2,20,21)(H,23,24)/p+1/b22-8+. The first kappa shape index (κ1) is 19.3. The third-order valence-electron chi connectivity index (χ3n) is 3.42. The van der Waals surface area contributed by atoms with Gasteiger partial charge in [-0.3, -0.25) is 4.79 Å². The molecule has 2 aromatic rings. The van der Waals surface area contributed by atoms with Crippen LogP contribution >= 0.6 is 34.8 Å². The van der Waals surface area contributed by atoms with Gasteiger partial charge in [0.05, 0.1) is 18.5 Å². The Hall–Kier alpha value is -2.02. The molecule has 0 radical (unpaired) electrons. The maximum absolute atomic E-state index is 12.3. The lowest BCUT2D eigenvalue weighted by Gasteiger charge is -2.09. The highest BCUT2D eigenvalue weighted by Crippen LogP contribution is 2.32. The second-order valence-corrected chi connectivity index (χ2v) is 6.33. The van der Waals surface area contributed by atoms with Gasteiger partial charge in [-0.25, -0.2) is 5.43 Å². The number of methoxy groups -OCH3 is 1. The summed E-state index contributed by atoms with van der Waals surface area (Å²) in [4.78, 5) is 14.9. The Morgan fingerprint density at radius 3 is 2.60 bits per heavy atom. The fourth-order valence-corrected chi connectivity index (χ4v) is 2.69. The monoisotopic (exact) mass is 401 g/mol. The summed E-state index contributed by atoms with van der Waals surface area (Å²) in [6.45, 7) is 3.69. The molecule has 4 N–H and O–H groups in total. The van der Waals surface area contributed by atoms with Crippen LogP contribution in [0.1, 0.15) is 28.5 Å². The van der Waals surface area contributed by atoms with Gasteiger partial charge in [0.2, 0.25) is 0 Å². The summed E-state index contributed by atoms with van der Waals surface area (Å²) in [6, 6.07) is 5.65. The molecular formula is C16H16Cl3N4O2+. The van der Waals surface area contributed by atoms with Crippen molar-refractivity contribution in [2.45, 2.75) is 13.8 Å². The van der Waals surface area contributed by atoms with Gasteiger partial charge in [-0.2, -0.15) is 10.1 Å². The molecule has 0 aliphatic carbocycles. The summed E-state index contributed by atoms with van der Waals surface area (Å²) < 4.78 is 5.31. The van der Waals surface area contributed by atoms with Gasteiger partial charge >= 0.3 is 5.91 Å². The van der Waals surface area contributed by atoms with Crippen LogP contribution in [-0.2, 0) is 0 Å². The minimum Gasteiger partial charge on any atom is -0.496 e. The number of hydrazone groups is 1. The molecule has 1 amide bonds. The number of hydrogen-bond donors (Lipinski definition) is 2. The van der Waals surface area contributed by atoms with Gasteiger partial charge in [-0.15, -0.1) is 0 Å². The molecule has 0 atom stereocenters. The molecule has 0 aliphatic heterocycles. The summed E-state index contributed by atoms with van der Waals surface area (Å²) in [6.07, 6.45) is 0.